The van der Waals surface area contributed by atoms with E-state index in [-0.39, 0.29) is 90.5 Å². The molecule has 6 aromatic rings. The number of carboxylic acids is 2. The molecule has 12 nitrogen and oxygen atoms in total. The highest BCUT2D eigenvalue weighted by molar-refractivity contribution is 6.31. The molecule has 428 valence electrons. The first-order chi connectivity index (χ1) is 38.6. The highest BCUT2D eigenvalue weighted by Gasteiger charge is 2.61. The molecular weight excluding hydrogens is 1140 g/mol. The summed E-state index contributed by atoms with van der Waals surface area (Å²) in [4.78, 5) is 52.7. The number of amides is 4. The van der Waals surface area contributed by atoms with Crippen LogP contribution in [0.2, 0.25) is 20.1 Å². The maximum atomic E-state index is 15.7. The molecule has 8 rings (SSSR count). The van der Waals surface area contributed by atoms with E-state index in [0.717, 1.165) is 12.1 Å². The predicted molar refractivity (Wildman–Crippen MR) is 306 cm³/mol. The maximum Gasteiger partial charge on any atom is 0.335 e. The third-order valence-electron chi connectivity index (χ3n) is 14.8. The van der Waals surface area contributed by atoms with Crippen LogP contribution in [0.5, 0.6) is 0 Å². The zero-order valence-corrected chi connectivity index (χ0v) is 48.5. The molecule has 0 bridgehead atoms. The Morgan fingerprint density at radius 1 is 0.561 bits per heavy atom. The number of urea groups is 2. The number of rotatable bonds is 12. The summed E-state index contributed by atoms with van der Waals surface area (Å²) in [6, 6.07) is 29.7. The molecule has 2 heterocycles. The lowest BCUT2D eigenvalue weighted by Crippen LogP contribution is -2.44. The maximum absolute atomic E-state index is 15.7. The van der Waals surface area contributed by atoms with Crippen LogP contribution in [-0.2, 0) is 23.9 Å². The van der Waals surface area contributed by atoms with Crippen LogP contribution in [-0.4, -0.2) is 57.1 Å². The molecule has 20 heteroatoms. The number of carbonyl (C=O) groups is 4. The van der Waals surface area contributed by atoms with Gasteiger partial charge in [-0.15, -0.1) is 0 Å². The molecule has 6 aromatic carbocycles. The van der Waals surface area contributed by atoms with Crippen LogP contribution in [0.15, 0.2) is 121 Å². The van der Waals surface area contributed by atoms with Crippen LogP contribution in [0.1, 0.15) is 121 Å². The first-order valence-corrected chi connectivity index (χ1v) is 27.4. The van der Waals surface area contributed by atoms with Crippen molar-refractivity contribution in [2.45, 2.75) is 90.4 Å². The van der Waals surface area contributed by atoms with Crippen LogP contribution in [0, 0.1) is 68.6 Å². The molecule has 0 spiro atoms. The van der Waals surface area contributed by atoms with Gasteiger partial charge in [-0.1, -0.05) is 149 Å². The molecule has 0 unspecified atom stereocenters. The Hall–Kier alpha value is -7.34. The van der Waals surface area contributed by atoms with Crippen molar-refractivity contribution in [2.24, 2.45) is 22.7 Å². The number of nitriles is 2. The molecule has 0 aliphatic carbocycles. The number of carbonyl (C=O) groups excluding carboxylic acids is 2. The lowest BCUT2D eigenvalue weighted by molar-refractivity contribution is 0.0686. The summed E-state index contributed by atoms with van der Waals surface area (Å²) in [5.41, 5.74) is -2.54. The Bertz CT molecular complexity index is 3270. The summed E-state index contributed by atoms with van der Waals surface area (Å²) >= 11 is 24.4. The Morgan fingerprint density at radius 2 is 0.902 bits per heavy atom. The molecule has 0 aromatic heterocycles. The van der Waals surface area contributed by atoms with Gasteiger partial charge >= 0.3 is 24.0 Å². The van der Waals surface area contributed by atoms with E-state index in [2.05, 4.69) is 22.8 Å². The summed E-state index contributed by atoms with van der Waals surface area (Å²) < 4.78 is 62.8. The largest absolute Gasteiger partial charge is 0.478 e. The molecule has 6 atom stereocenters. The second-order valence-corrected chi connectivity index (χ2v) is 24.5. The van der Waals surface area contributed by atoms with E-state index in [1.54, 1.807) is 24.3 Å². The van der Waals surface area contributed by atoms with Crippen molar-refractivity contribution in [3.63, 3.8) is 0 Å². The second kappa shape index (κ2) is 25.0. The van der Waals surface area contributed by atoms with Crippen LogP contribution in [0.3, 0.4) is 0 Å². The lowest BCUT2D eigenvalue weighted by Gasteiger charge is -2.38. The molecule has 0 saturated carbocycles. The van der Waals surface area contributed by atoms with Gasteiger partial charge in [0.2, 0.25) is 0 Å². The van der Waals surface area contributed by atoms with E-state index in [9.17, 15) is 29.7 Å². The number of nitrogens with one attached hydrogen (secondary N) is 2. The van der Waals surface area contributed by atoms with Gasteiger partial charge in [0.1, 0.15) is 34.1 Å². The van der Waals surface area contributed by atoms with Gasteiger partial charge in [-0.25, -0.2) is 36.7 Å². The zero-order valence-electron chi connectivity index (χ0n) is 45.4. The van der Waals surface area contributed by atoms with E-state index in [1.165, 1.54) is 94.7 Å². The first kappa shape index (κ1) is 62.3. The number of aromatic carboxylic acids is 2. The molecule has 2 saturated heterocycles. The molecule has 0 radical (unpaired) electrons. The standard InChI is InChI=1S/2C31H29Cl2F2N3O3/c2*1-30(2,3)14-20-16-38(29(41)37-15-18-7-9-19(10-8-18)28(39)40)27(22-5-4-6-24(33)26(22)35)31(20,17-36)23-12-11-21(32)13-25(23)34/h2*4-13,20,27H,14-16H2,1-3H3,(H,37,41)(H,39,40)/t2*20-,27-,31-/m10/s1. The van der Waals surface area contributed by atoms with Crippen molar-refractivity contribution < 1.29 is 47.0 Å². The number of hydrogen-bond acceptors (Lipinski definition) is 6. The van der Waals surface area contributed by atoms with Crippen LogP contribution in [0.4, 0.5) is 27.2 Å². The predicted octanol–water partition coefficient (Wildman–Crippen LogP) is 15.5. The molecule has 4 N–H and O–H groups in total. The van der Waals surface area contributed by atoms with E-state index in [1.807, 2.05) is 41.5 Å². The van der Waals surface area contributed by atoms with Gasteiger partial charge in [0, 0.05) is 70.3 Å². The van der Waals surface area contributed by atoms with Crippen LogP contribution in [0.25, 0.3) is 0 Å². The fourth-order valence-corrected chi connectivity index (χ4v) is 12.1. The number of halogens is 8. The highest BCUT2D eigenvalue weighted by Crippen LogP contribution is 2.58. The molecule has 4 amide bonds. The lowest BCUT2D eigenvalue weighted by atomic mass is 9.63. The Kier molecular flexibility index (Phi) is 19.0. The van der Waals surface area contributed by atoms with Crippen molar-refractivity contribution in [2.75, 3.05) is 13.1 Å². The fourth-order valence-electron chi connectivity index (χ4n) is 11.4. The third-order valence-corrected chi connectivity index (χ3v) is 15.9. The van der Waals surface area contributed by atoms with Gasteiger partial charge < -0.3 is 30.6 Å². The van der Waals surface area contributed by atoms with E-state index < -0.39 is 82.0 Å². The van der Waals surface area contributed by atoms with Crippen LogP contribution >= 0.6 is 46.4 Å². The topological polar surface area (TPSA) is 187 Å². The van der Waals surface area contributed by atoms with Gasteiger partial charge in [0.05, 0.1) is 45.4 Å². The molecule has 2 fully saturated rings. The fraction of sp³-hybridized carbons (Fsp3) is 0.323. The second-order valence-electron chi connectivity index (χ2n) is 22.9. The molecule has 2 aliphatic heterocycles. The van der Waals surface area contributed by atoms with Gasteiger partial charge in [-0.05, 0) is 95.5 Å². The average molecular weight is 1200 g/mol. The minimum atomic E-state index is -1.69. The van der Waals surface area contributed by atoms with Crippen molar-refractivity contribution in [1.82, 2.24) is 20.4 Å². The van der Waals surface area contributed by atoms with Crippen molar-refractivity contribution >= 4 is 70.4 Å². The third kappa shape index (κ3) is 13.1. The SMILES string of the molecule is CC(C)(C)C[C@@H]1CN(C(=O)NCc2ccc(C(=O)O)cc2)[C@H](c2cccc(Cl)c2F)[C@@]1(C#N)c1ccc(Cl)cc1F.CC(C)(C)C[C@H]1CN(C(=O)NCc2ccc(C(=O)O)cc2)[C@@H](c2cccc(Cl)c2F)[C@]1(C#N)c1ccc(Cl)cc1F. The Labute approximate surface area is 493 Å². The molecular formula is C62H58Cl4F4N6O6. The van der Waals surface area contributed by atoms with E-state index in [4.69, 9.17) is 56.6 Å². The number of hydrogen-bond donors (Lipinski definition) is 4. The summed E-state index contributed by atoms with van der Waals surface area (Å²) in [6.45, 7) is 12.0. The van der Waals surface area contributed by atoms with Crippen molar-refractivity contribution in [1.29, 1.82) is 10.5 Å². The average Bonchev–Trinajstić information content (AvgIpc) is 2.15. The highest BCUT2D eigenvalue weighted by atomic mass is 35.5. The summed E-state index contributed by atoms with van der Waals surface area (Å²) in [5, 5.41) is 45.6. The number of carboxylic acid groups (broad SMARTS) is 2. The molecule has 2 aliphatic rings. The van der Waals surface area contributed by atoms with Crippen molar-refractivity contribution in [3.8, 4) is 12.1 Å². The van der Waals surface area contributed by atoms with E-state index in [0.29, 0.717) is 24.0 Å². The van der Waals surface area contributed by atoms with Gasteiger partial charge in [-0.2, -0.15) is 10.5 Å². The minimum absolute atomic E-state index is 0.00855. The first-order valence-electron chi connectivity index (χ1n) is 25.9. The number of likely N-dealkylation sites (tertiary alicyclic amines) is 2. The Balaban J connectivity index is 0.000000236. The normalized spacial score (nSPS) is 20.5. The molecule has 82 heavy (non-hydrogen) atoms. The smallest absolute Gasteiger partial charge is 0.335 e. The quantitative estimate of drug-likeness (QED) is 0.0872. The minimum Gasteiger partial charge on any atom is -0.478 e. The van der Waals surface area contributed by atoms with Gasteiger partial charge in [0.25, 0.3) is 0 Å². The summed E-state index contributed by atoms with van der Waals surface area (Å²) in [6.07, 6.45) is 0.837. The van der Waals surface area contributed by atoms with Crippen molar-refractivity contribution in [3.05, 3.63) is 209 Å². The monoisotopic (exact) mass is 1200 g/mol. The van der Waals surface area contributed by atoms with Gasteiger partial charge in [0.15, 0.2) is 0 Å². The summed E-state index contributed by atoms with van der Waals surface area (Å²) in [7, 11) is 0. The summed E-state index contributed by atoms with van der Waals surface area (Å²) in [5.74, 6) is -6.39. The van der Waals surface area contributed by atoms with E-state index >= 15 is 17.6 Å². The number of benzene rings is 6. The zero-order chi connectivity index (χ0) is 60.2. The number of nitrogens with zero attached hydrogens (tertiary/aromatic N) is 4. The Morgan fingerprint density at radius 3 is 1.20 bits per heavy atom. The van der Waals surface area contributed by atoms with Gasteiger partial charge in [-0.3, -0.25) is 0 Å². The van der Waals surface area contributed by atoms with Crippen LogP contribution < -0.4 is 10.6 Å².